The summed E-state index contributed by atoms with van der Waals surface area (Å²) in [6.45, 7) is 4.19. The maximum absolute atomic E-state index is 12.5. The van der Waals surface area contributed by atoms with Gasteiger partial charge in [-0.25, -0.2) is 0 Å². The van der Waals surface area contributed by atoms with E-state index in [4.69, 9.17) is 0 Å². The van der Waals surface area contributed by atoms with Crippen molar-refractivity contribution in [1.29, 1.82) is 0 Å². The van der Waals surface area contributed by atoms with Crippen LogP contribution in [0.2, 0.25) is 0 Å². The number of nitrogens with one attached hydrogen (secondary N) is 1. The van der Waals surface area contributed by atoms with Crippen LogP contribution in [0.5, 0.6) is 0 Å². The maximum Gasteiger partial charge on any atom is 0.220 e. The fourth-order valence-corrected chi connectivity index (χ4v) is 8.08. The van der Waals surface area contributed by atoms with Gasteiger partial charge in [-0.15, -0.1) is 0 Å². The second-order valence-corrected chi connectivity index (χ2v) is 17.7. The van der Waals surface area contributed by atoms with E-state index in [0.717, 1.165) is 44.9 Å². The second kappa shape index (κ2) is 47.5. The summed E-state index contributed by atoms with van der Waals surface area (Å²) in [4.78, 5) is 12.5. The number of carbonyl (C=O) groups is 1. The van der Waals surface area contributed by atoms with Gasteiger partial charge >= 0.3 is 0 Å². The van der Waals surface area contributed by atoms with Crippen molar-refractivity contribution in [1.82, 2.24) is 5.32 Å². The van der Waals surface area contributed by atoms with E-state index in [-0.39, 0.29) is 12.5 Å². The highest BCUT2D eigenvalue weighted by Crippen LogP contribution is 2.17. The molecule has 4 N–H and O–H groups in total. The zero-order valence-electron chi connectivity index (χ0n) is 38.5. The summed E-state index contributed by atoms with van der Waals surface area (Å²) in [5.74, 6) is -0.143. The first-order chi connectivity index (χ1) is 28.1. The Kier molecular flexibility index (Phi) is 46.5. The lowest BCUT2D eigenvalue weighted by Crippen LogP contribution is -2.50. The Morgan fingerprint density at radius 3 is 1.11 bits per heavy atom. The van der Waals surface area contributed by atoms with Crippen molar-refractivity contribution >= 4 is 5.91 Å². The highest BCUT2D eigenvalue weighted by Gasteiger charge is 2.26. The van der Waals surface area contributed by atoms with Crippen LogP contribution >= 0.6 is 0 Å². The van der Waals surface area contributed by atoms with Gasteiger partial charge in [-0.05, 0) is 44.9 Å². The van der Waals surface area contributed by atoms with Crippen molar-refractivity contribution in [2.24, 2.45) is 0 Å². The van der Waals surface area contributed by atoms with Crippen LogP contribution in [0.25, 0.3) is 0 Å². The minimum atomic E-state index is -1.13. The first-order valence-electron chi connectivity index (χ1n) is 25.6. The molecular weight excluding hydrogens is 703 g/mol. The predicted octanol–water partition coefficient (Wildman–Crippen LogP) is 15.3. The number of amides is 1. The lowest BCUT2D eigenvalue weighted by Gasteiger charge is -2.26. The molecule has 0 aromatic heterocycles. The van der Waals surface area contributed by atoms with Gasteiger partial charge in [0.1, 0.15) is 6.10 Å². The number of allylic oxidation sites excluding steroid dienone is 4. The number of carbonyl (C=O) groups excluding carboxylic acids is 1. The SMILES string of the molecule is CCCCCCCCCCC/C=C\C/C=C\CCCCCCCCCCCCCCCCCC(=O)NC(CO)C(O)C(O)CCCCCCCCCCCCCC. The molecule has 0 aromatic carbocycles. The summed E-state index contributed by atoms with van der Waals surface area (Å²) in [5.41, 5.74) is 0. The van der Waals surface area contributed by atoms with Crippen molar-refractivity contribution in [3.8, 4) is 0 Å². The Labute approximate surface area is 356 Å². The van der Waals surface area contributed by atoms with Gasteiger partial charge in [0.15, 0.2) is 0 Å². The van der Waals surface area contributed by atoms with E-state index < -0.39 is 18.2 Å². The molecule has 0 aliphatic heterocycles. The zero-order valence-corrected chi connectivity index (χ0v) is 38.5. The molecule has 0 rings (SSSR count). The molecule has 57 heavy (non-hydrogen) atoms. The van der Waals surface area contributed by atoms with Gasteiger partial charge in [0, 0.05) is 6.42 Å². The zero-order chi connectivity index (χ0) is 41.5. The lowest BCUT2D eigenvalue weighted by molar-refractivity contribution is -0.124. The molecule has 0 aromatic rings. The van der Waals surface area contributed by atoms with Gasteiger partial charge < -0.3 is 20.6 Å². The third kappa shape index (κ3) is 42.8. The van der Waals surface area contributed by atoms with Crippen molar-refractivity contribution < 1.29 is 20.1 Å². The van der Waals surface area contributed by atoms with Crippen LogP contribution in [0.4, 0.5) is 0 Å². The van der Waals surface area contributed by atoms with E-state index in [0.29, 0.717) is 12.8 Å². The Hall–Kier alpha value is -1.17. The quantitative estimate of drug-likeness (QED) is 0.0364. The van der Waals surface area contributed by atoms with Crippen LogP contribution < -0.4 is 5.32 Å². The molecule has 0 radical (unpaired) electrons. The van der Waals surface area contributed by atoms with Crippen LogP contribution in [0, 0.1) is 0 Å². The molecule has 3 unspecified atom stereocenters. The predicted molar refractivity (Wildman–Crippen MR) is 250 cm³/mol. The molecule has 0 saturated heterocycles. The van der Waals surface area contributed by atoms with Crippen LogP contribution in [0.3, 0.4) is 0 Å². The number of hydrogen-bond acceptors (Lipinski definition) is 4. The molecule has 1 amide bonds. The van der Waals surface area contributed by atoms with Gasteiger partial charge in [0.05, 0.1) is 18.8 Å². The molecule has 0 aliphatic carbocycles. The molecule has 338 valence electrons. The maximum atomic E-state index is 12.5. The summed E-state index contributed by atoms with van der Waals surface area (Å²) in [5, 5.41) is 33.6. The van der Waals surface area contributed by atoms with E-state index in [1.807, 2.05) is 0 Å². The van der Waals surface area contributed by atoms with Crippen molar-refractivity contribution in [3.63, 3.8) is 0 Å². The van der Waals surface area contributed by atoms with Crippen LogP contribution in [-0.4, -0.2) is 46.1 Å². The molecule has 0 heterocycles. The molecular formula is C52H101NO4. The second-order valence-electron chi connectivity index (χ2n) is 17.7. The number of aliphatic hydroxyl groups excluding tert-OH is 3. The van der Waals surface area contributed by atoms with Crippen molar-refractivity contribution in [3.05, 3.63) is 24.3 Å². The number of aliphatic hydroxyl groups is 3. The van der Waals surface area contributed by atoms with E-state index >= 15 is 0 Å². The van der Waals surface area contributed by atoms with E-state index in [1.54, 1.807) is 0 Å². The first-order valence-corrected chi connectivity index (χ1v) is 25.6. The summed E-state index contributed by atoms with van der Waals surface area (Å²) in [6, 6.07) is -0.806. The highest BCUT2D eigenvalue weighted by molar-refractivity contribution is 5.76. The first kappa shape index (κ1) is 55.8. The minimum absolute atomic E-state index is 0.143. The Balaban J connectivity index is 3.50. The third-order valence-corrected chi connectivity index (χ3v) is 12.1. The molecule has 0 spiro atoms. The smallest absolute Gasteiger partial charge is 0.220 e. The molecule has 0 fully saturated rings. The largest absolute Gasteiger partial charge is 0.394 e. The highest BCUT2D eigenvalue weighted by atomic mass is 16.3. The average Bonchev–Trinajstić information content (AvgIpc) is 3.22. The fourth-order valence-electron chi connectivity index (χ4n) is 8.08. The molecule has 0 aliphatic rings. The molecule has 5 nitrogen and oxygen atoms in total. The van der Waals surface area contributed by atoms with Crippen molar-refractivity contribution in [2.75, 3.05) is 6.61 Å². The fraction of sp³-hybridized carbons (Fsp3) is 0.904. The number of hydrogen-bond donors (Lipinski definition) is 4. The van der Waals surface area contributed by atoms with Crippen molar-refractivity contribution in [2.45, 2.75) is 295 Å². The Morgan fingerprint density at radius 2 is 0.754 bits per heavy atom. The summed E-state index contributed by atoms with van der Waals surface area (Å²) >= 11 is 0. The number of rotatable bonds is 47. The minimum Gasteiger partial charge on any atom is -0.394 e. The average molecular weight is 804 g/mol. The summed E-state index contributed by atoms with van der Waals surface area (Å²) in [7, 11) is 0. The molecule has 3 atom stereocenters. The Bertz CT molecular complexity index is 844. The van der Waals surface area contributed by atoms with Gasteiger partial charge in [-0.3, -0.25) is 4.79 Å². The topological polar surface area (TPSA) is 89.8 Å². The van der Waals surface area contributed by atoms with E-state index in [2.05, 4.69) is 43.5 Å². The molecule has 0 bridgehead atoms. The van der Waals surface area contributed by atoms with Crippen LogP contribution in [0.1, 0.15) is 277 Å². The van der Waals surface area contributed by atoms with Gasteiger partial charge in [-0.2, -0.15) is 0 Å². The summed E-state index contributed by atoms with van der Waals surface area (Å²) in [6.07, 6.45) is 58.9. The summed E-state index contributed by atoms with van der Waals surface area (Å²) < 4.78 is 0. The number of unbranched alkanes of at least 4 members (excludes halogenated alkanes) is 35. The third-order valence-electron chi connectivity index (χ3n) is 12.1. The molecule has 5 heteroatoms. The van der Waals surface area contributed by atoms with Gasteiger partial charge in [-0.1, -0.05) is 250 Å². The normalized spacial score (nSPS) is 13.6. The van der Waals surface area contributed by atoms with Crippen LogP contribution in [0.15, 0.2) is 24.3 Å². The van der Waals surface area contributed by atoms with Gasteiger partial charge in [0.25, 0.3) is 0 Å². The molecule has 0 saturated carbocycles. The van der Waals surface area contributed by atoms with Gasteiger partial charge in [0.2, 0.25) is 5.91 Å². The Morgan fingerprint density at radius 1 is 0.439 bits per heavy atom. The standard InChI is InChI=1S/C52H101NO4/c1-3-5-7-9-11-13-15-17-18-19-20-21-22-23-24-25-26-27-28-29-30-31-32-33-34-35-37-39-41-43-45-47-51(56)53-49(48-54)52(57)50(55)46-44-42-40-38-36-16-14-12-10-8-6-4-2/h20-21,23-24,49-50,52,54-55,57H,3-19,22,25-48H2,1-2H3,(H,53,56)/b21-20-,24-23-. The van der Waals surface area contributed by atoms with Crippen LogP contribution in [-0.2, 0) is 4.79 Å². The monoisotopic (exact) mass is 804 g/mol. The van der Waals surface area contributed by atoms with E-state index in [1.165, 1.54) is 205 Å². The van der Waals surface area contributed by atoms with E-state index in [9.17, 15) is 20.1 Å². The lowest BCUT2D eigenvalue weighted by atomic mass is 9.99.